The summed E-state index contributed by atoms with van der Waals surface area (Å²) in [6, 6.07) is 98.2. The van der Waals surface area contributed by atoms with Crippen molar-refractivity contribution in [1.82, 2.24) is 19.5 Å². The van der Waals surface area contributed by atoms with Crippen molar-refractivity contribution in [3.05, 3.63) is 300 Å². The van der Waals surface area contributed by atoms with E-state index in [2.05, 4.69) is 285 Å². The van der Waals surface area contributed by atoms with E-state index in [1.807, 2.05) is 0 Å². The highest BCUT2D eigenvalue weighted by Crippen LogP contribution is 2.63. The summed E-state index contributed by atoms with van der Waals surface area (Å²) in [6.45, 7) is 4.77. The maximum absolute atomic E-state index is 5.53. The molecule has 1 aliphatic heterocycles. The first-order valence-electron chi connectivity index (χ1n) is 28.8. The summed E-state index contributed by atoms with van der Waals surface area (Å²) >= 11 is 0. The van der Waals surface area contributed by atoms with E-state index in [0.717, 1.165) is 44.5 Å². The first kappa shape index (κ1) is 46.2. The third-order valence-corrected chi connectivity index (χ3v) is 18.8. The Bertz CT molecular complexity index is 4980. The van der Waals surface area contributed by atoms with Crippen LogP contribution in [0.2, 0.25) is 0 Å². The molecule has 3 heterocycles. The smallest absolute Gasteiger partial charge is 0.164 e. The van der Waals surface area contributed by atoms with Crippen LogP contribution in [0, 0.1) is 0 Å². The number of rotatable bonds is 6. The van der Waals surface area contributed by atoms with Gasteiger partial charge in [0.25, 0.3) is 0 Å². The topological polar surface area (TPSA) is 43.6 Å². The van der Waals surface area contributed by atoms with Crippen LogP contribution in [-0.2, 0) is 10.8 Å². The number of aromatic nitrogens is 4. The second-order valence-electron chi connectivity index (χ2n) is 23.4. The third kappa shape index (κ3) is 6.32. The number of fused-ring (bicyclic) bond motifs is 16. The molecule has 4 heteroatoms. The van der Waals surface area contributed by atoms with Crippen molar-refractivity contribution in [3.63, 3.8) is 0 Å². The summed E-state index contributed by atoms with van der Waals surface area (Å²) in [6.07, 6.45) is 0. The normalized spacial score (nSPS) is 13.9. The quantitative estimate of drug-likeness (QED) is 0.167. The van der Waals surface area contributed by atoms with Gasteiger partial charge in [0.2, 0.25) is 0 Å². The predicted octanol–water partition coefficient (Wildman–Crippen LogP) is 19.6. The van der Waals surface area contributed by atoms with Crippen molar-refractivity contribution in [2.24, 2.45) is 0 Å². The van der Waals surface area contributed by atoms with Crippen molar-refractivity contribution >= 4 is 21.8 Å². The van der Waals surface area contributed by atoms with Gasteiger partial charge in [-0.3, -0.25) is 0 Å². The monoisotopic (exact) mass is 1050 g/mol. The molecule has 4 aliphatic rings. The van der Waals surface area contributed by atoms with Gasteiger partial charge in [-0.25, -0.2) is 15.0 Å². The molecule has 0 saturated heterocycles. The third-order valence-electron chi connectivity index (χ3n) is 18.8. The van der Waals surface area contributed by atoms with Crippen LogP contribution in [-0.4, -0.2) is 19.5 Å². The molecule has 1 spiro atoms. The van der Waals surface area contributed by atoms with E-state index in [0.29, 0.717) is 17.5 Å². The lowest BCUT2D eigenvalue weighted by Crippen LogP contribution is -2.25. The minimum atomic E-state index is -0.518. The lowest BCUT2D eigenvalue weighted by molar-refractivity contribution is 0.661. The molecule has 14 aromatic rings. The SMILES string of the molecule is CC1(C)c2cccc3c2-c2c1ccc1c4cccc(-c5ccc(-c6nc(-c7cc(-c8ccccc8)cc(-c8ccccc8)c7)nc(-c7ccc8c(c7)C7(c9ccccc9-c9ccccc97)c7ccccc7-8)n6)cc5)c4n(c21)-c1ccccc1-3. The molecular formula is C79H50N4. The van der Waals surface area contributed by atoms with Crippen LogP contribution in [0.25, 0.3) is 140 Å². The zero-order valence-corrected chi connectivity index (χ0v) is 45.7. The first-order chi connectivity index (χ1) is 40.9. The van der Waals surface area contributed by atoms with Gasteiger partial charge >= 0.3 is 0 Å². The fraction of sp³-hybridized carbons (Fsp3) is 0.0506. The summed E-state index contributed by atoms with van der Waals surface area (Å²) in [4.78, 5) is 16.5. The van der Waals surface area contributed by atoms with Crippen molar-refractivity contribution in [2.75, 3.05) is 0 Å². The molecule has 4 nitrogen and oxygen atoms in total. The summed E-state index contributed by atoms with van der Waals surface area (Å²) < 4.78 is 2.58. The summed E-state index contributed by atoms with van der Waals surface area (Å²) in [5.41, 5.74) is 30.7. The maximum Gasteiger partial charge on any atom is 0.164 e. The molecule has 12 aromatic carbocycles. The van der Waals surface area contributed by atoms with Crippen LogP contribution < -0.4 is 0 Å². The zero-order valence-electron chi connectivity index (χ0n) is 45.7. The Balaban J connectivity index is 0.842. The van der Waals surface area contributed by atoms with Crippen molar-refractivity contribution in [2.45, 2.75) is 24.7 Å². The van der Waals surface area contributed by atoms with Gasteiger partial charge in [0.1, 0.15) is 0 Å². The number of nitrogens with zero attached hydrogens (tertiary/aromatic N) is 4. The molecule has 0 radical (unpaired) electrons. The fourth-order valence-corrected chi connectivity index (χ4v) is 15.2. The molecule has 386 valence electrons. The molecule has 2 aromatic heterocycles. The van der Waals surface area contributed by atoms with Gasteiger partial charge in [0.05, 0.1) is 22.1 Å². The Morgan fingerprint density at radius 3 is 1.37 bits per heavy atom. The van der Waals surface area contributed by atoms with Gasteiger partial charge in [-0.1, -0.05) is 250 Å². The molecule has 83 heavy (non-hydrogen) atoms. The second kappa shape index (κ2) is 17.0. The van der Waals surface area contributed by atoms with E-state index in [1.165, 1.54) is 111 Å². The van der Waals surface area contributed by atoms with Crippen molar-refractivity contribution < 1.29 is 0 Å². The van der Waals surface area contributed by atoms with Gasteiger partial charge in [-0.05, 0) is 125 Å². The Morgan fingerprint density at radius 2 is 0.723 bits per heavy atom. The lowest BCUT2D eigenvalue weighted by atomic mass is 9.70. The molecule has 0 unspecified atom stereocenters. The van der Waals surface area contributed by atoms with Crippen LogP contribution in [0.5, 0.6) is 0 Å². The zero-order chi connectivity index (χ0) is 54.7. The van der Waals surface area contributed by atoms with Gasteiger partial charge in [0.15, 0.2) is 17.5 Å². The fourth-order valence-electron chi connectivity index (χ4n) is 15.2. The molecular weight excluding hydrogens is 1000 g/mol. The van der Waals surface area contributed by atoms with E-state index in [9.17, 15) is 0 Å². The average molecular weight is 1060 g/mol. The van der Waals surface area contributed by atoms with Crippen molar-refractivity contribution in [1.29, 1.82) is 0 Å². The van der Waals surface area contributed by atoms with Gasteiger partial charge in [-0.2, -0.15) is 0 Å². The maximum atomic E-state index is 5.53. The summed E-state index contributed by atoms with van der Waals surface area (Å²) in [5, 5.41) is 2.51. The Labute approximate surface area is 481 Å². The lowest BCUT2D eigenvalue weighted by Gasteiger charge is -2.30. The van der Waals surface area contributed by atoms with E-state index in [-0.39, 0.29) is 5.41 Å². The highest BCUT2D eigenvalue weighted by molar-refractivity contribution is 6.21. The molecule has 0 atom stereocenters. The highest BCUT2D eigenvalue weighted by Gasteiger charge is 2.51. The van der Waals surface area contributed by atoms with E-state index >= 15 is 0 Å². The van der Waals surface area contributed by atoms with E-state index < -0.39 is 5.41 Å². The molecule has 0 saturated carbocycles. The second-order valence-corrected chi connectivity index (χ2v) is 23.4. The van der Waals surface area contributed by atoms with Crippen LogP contribution in [0.15, 0.2) is 267 Å². The van der Waals surface area contributed by atoms with Crippen LogP contribution >= 0.6 is 0 Å². The number of hydrogen-bond donors (Lipinski definition) is 0. The number of benzene rings is 12. The molecule has 3 aliphatic carbocycles. The molecule has 0 fully saturated rings. The Hall–Kier alpha value is -10.6. The standard InChI is InChI=1S/C79H50N4/c1-78(2)67-33-18-28-61-60-26-12-16-34-70(60)83-73-55(27-17-29-62(73)63-41-42-68(78)72(71(61)67)74(63)83)49-35-37-50(38-36-49)75-80-76(82-77(81-75)54-44-52(47-19-5-3-6-20-47)43-53(45-54)48-21-7-4-8-22-48)51-39-40-59-58-25-11-15-32-66(58)79(69(59)46-51)64-30-13-9-23-56(64)57-24-10-14-31-65(57)79/h3-46H,1-2H3. The van der Waals surface area contributed by atoms with Crippen LogP contribution in [0.1, 0.15) is 47.2 Å². The van der Waals surface area contributed by atoms with Gasteiger partial charge in [-0.15, -0.1) is 0 Å². The number of hydrogen-bond acceptors (Lipinski definition) is 3. The molecule has 18 rings (SSSR count). The van der Waals surface area contributed by atoms with E-state index in [1.54, 1.807) is 0 Å². The van der Waals surface area contributed by atoms with Crippen LogP contribution in [0.3, 0.4) is 0 Å². The predicted molar refractivity (Wildman–Crippen MR) is 340 cm³/mol. The number of para-hydroxylation sites is 2. The largest absolute Gasteiger partial charge is 0.307 e. The molecule has 0 bridgehead atoms. The minimum absolute atomic E-state index is 0.131. The molecule has 0 N–H and O–H groups in total. The van der Waals surface area contributed by atoms with Crippen molar-refractivity contribution in [3.8, 4) is 118 Å². The summed E-state index contributed by atoms with van der Waals surface area (Å²) in [7, 11) is 0. The first-order valence-corrected chi connectivity index (χ1v) is 28.8. The Kier molecular flexibility index (Phi) is 9.47. The van der Waals surface area contributed by atoms with Gasteiger partial charge < -0.3 is 4.57 Å². The van der Waals surface area contributed by atoms with E-state index in [4.69, 9.17) is 15.0 Å². The molecule has 0 amide bonds. The average Bonchev–Trinajstić information content (AvgIpc) is 2.66. The Morgan fingerprint density at radius 1 is 0.265 bits per heavy atom. The van der Waals surface area contributed by atoms with Gasteiger partial charge in [0, 0.05) is 49.6 Å². The highest BCUT2D eigenvalue weighted by atomic mass is 15.0. The minimum Gasteiger partial charge on any atom is -0.307 e. The summed E-state index contributed by atoms with van der Waals surface area (Å²) in [5.74, 6) is 1.83. The van der Waals surface area contributed by atoms with Crippen LogP contribution in [0.4, 0.5) is 0 Å².